The molecule has 172 valence electrons. The molecule has 2 aromatic carbocycles. The molecule has 0 saturated heterocycles. The second kappa shape index (κ2) is 10.5. The summed E-state index contributed by atoms with van der Waals surface area (Å²) in [4.78, 5) is 27.1. The molecule has 0 atom stereocenters. The van der Waals surface area contributed by atoms with Gasteiger partial charge in [0.2, 0.25) is 0 Å². The predicted molar refractivity (Wildman–Crippen MR) is 129 cm³/mol. The molecular weight excluding hydrogens is 438 g/mol. The van der Waals surface area contributed by atoms with E-state index in [9.17, 15) is 9.59 Å². The van der Waals surface area contributed by atoms with Crippen molar-refractivity contribution in [3.63, 3.8) is 0 Å². The van der Waals surface area contributed by atoms with Crippen molar-refractivity contribution in [1.82, 2.24) is 15.4 Å². The molecule has 3 rings (SSSR count). The molecule has 7 heteroatoms. The van der Waals surface area contributed by atoms with Crippen LogP contribution in [0.1, 0.15) is 58.5 Å². The van der Waals surface area contributed by atoms with Crippen molar-refractivity contribution in [3.8, 4) is 0 Å². The minimum Gasteiger partial charge on any atom is -0.359 e. The Morgan fingerprint density at radius 2 is 1.88 bits per heavy atom. The number of benzene rings is 2. The minimum absolute atomic E-state index is 0.00592. The van der Waals surface area contributed by atoms with Crippen molar-refractivity contribution < 1.29 is 14.1 Å². The molecule has 6 nitrogen and oxygen atoms in total. The summed E-state index contributed by atoms with van der Waals surface area (Å²) in [7, 11) is 0. The maximum Gasteiger partial charge on any atom is 0.273 e. The summed E-state index contributed by atoms with van der Waals surface area (Å²) < 4.78 is 5.32. The molecule has 0 spiro atoms. The van der Waals surface area contributed by atoms with Crippen molar-refractivity contribution >= 4 is 23.4 Å². The van der Waals surface area contributed by atoms with Crippen molar-refractivity contribution in [2.45, 2.75) is 39.3 Å². The summed E-state index contributed by atoms with van der Waals surface area (Å²) in [5.74, 6) is -0.118. The van der Waals surface area contributed by atoms with Crippen LogP contribution in [0, 0.1) is 0 Å². The quantitative estimate of drug-likeness (QED) is 0.453. The number of aromatic nitrogens is 1. The van der Waals surface area contributed by atoms with Crippen molar-refractivity contribution in [1.29, 1.82) is 0 Å². The zero-order chi connectivity index (χ0) is 24.0. The third-order valence-electron chi connectivity index (χ3n) is 5.11. The molecule has 0 unspecified atom stereocenters. The highest BCUT2D eigenvalue weighted by Gasteiger charge is 2.20. The van der Waals surface area contributed by atoms with Gasteiger partial charge >= 0.3 is 0 Å². The number of amides is 2. The Balaban J connectivity index is 1.65. The second-order valence-corrected chi connectivity index (χ2v) is 9.23. The molecule has 1 N–H and O–H groups in total. The van der Waals surface area contributed by atoms with Crippen LogP contribution >= 0.6 is 11.6 Å². The number of hydrogen-bond donors (Lipinski definition) is 1. The third kappa shape index (κ3) is 6.56. The summed E-state index contributed by atoms with van der Waals surface area (Å²) in [6.45, 7) is 10.9. The monoisotopic (exact) mass is 465 g/mol. The Kier molecular flexibility index (Phi) is 7.71. The van der Waals surface area contributed by atoms with Gasteiger partial charge in [0.15, 0.2) is 11.5 Å². The Morgan fingerprint density at radius 1 is 1.15 bits per heavy atom. The first-order chi connectivity index (χ1) is 15.7. The van der Waals surface area contributed by atoms with Crippen molar-refractivity contribution in [2.75, 3.05) is 6.54 Å². The Labute approximate surface area is 199 Å². The molecule has 0 aliphatic carbocycles. The fourth-order valence-corrected chi connectivity index (χ4v) is 3.49. The number of nitrogens with one attached hydrogen (secondary N) is 1. The molecule has 0 radical (unpaired) electrons. The third-order valence-corrected chi connectivity index (χ3v) is 5.35. The average Bonchev–Trinajstić information content (AvgIpc) is 3.25. The zero-order valence-corrected chi connectivity index (χ0v) is 19.9. The topological polar surface area (TPSA) is 75.4 Å². The van der Waals surface area contributed by atoms with Crippen LogP contribution in [0.2, 0.25) is 5.02 Å². The summed E-state index contributed by atoms with van der Waals surface area (Å²) >= 11 is 5.97. The fourth-order valence-electron chi connectivity index (χ4n) is 3.27. The van der Waals surface area contributed by atoms with E-state index in [1.165, 1.54) is 0 Å². The number of nitrogens with zero attached hydrogens (tertiary/aromatic N) is 2. The van der Waals surface area contributed by atoms with E-state index in [1.54, 1.807) is 29.2 Å². The van der Waals surface area contributed by atoms with Gasteiger partial charge in [-0.25, -0.2) is 0 Å². The summed E-state index contributed by atoms with van der Waals surface area (Å²) in [5.41, 5.74) is 2.75. The first-order valence-electron chi connectivity index (χ1n) is 10.7. The van der Waals surface area contributed by atoms with Gasteiger partial charge in [-0.1, -0.05) is 67.9 Å². The Morgan fingerprint density at radius 3 is 2.52 bits per heavy atom. The van der Waals surface area contributed by atoms with Crippen LogP contribution in [0.25, 0.3) is 0 Å². The van der Waals surface area contributed by atoms with Gasteiger partial charge in [0.05, 0.1) is 6.54 Å². The van der Waals surface area contributed by atoms with Crippen molar-refractivity contribution in [2.24, 2.45) is 0 Å². The molecule has 3 aromatic rings. The van der Waals surface area contributed by atoms with Crippen LogP contribution in [0.15, 0.2) is 71.8 Å². The van der Waals surface area contributed by atoms with Crippen LogP contribution in [-0.4, -0.2) is 28.4 Å². The predicted octanol–water partition coefficient (Wildman–Crippen LogP) is 5.38. The lowest BCUT2D eigenvalue weighted by Gasteiger charge is -2.22. The molecule has 1 heterocycles. The maximum atomic E-state index is 13.1. The lowest BCUT2D eigenvalue weighted by molar-refractivity contribution is 0.0747. The van der Waals surface area contributed by atoms with E-state index >= 15 is 0 Å². The maximum absolute atomic E-state index is 13.1. The number of carbonyl (C=O) groups excluding carboxylic acids is 2. The van der Waals surface area contributed by atoms with Crippen LogP contribution in [0.4, 0.5) is 0 Å². The second-order valence-electron chi connectivity index (χ2n) is 8.79. The standard InChI is InChI=1S/C26H28ClN3O3/c1-5-13-30(25(32)19-9-11-20(12-10-19)26(2,3)4)17-22-15-23(29-33-22)24(31)28-16-18-7-6-8-21(27)14-18/h5-12,14-15H,1,13,16-17H2,2-4H3,(H,28,31). The van der Waals surface area contributed by atoms with Gasteiger partial charge in [-0.15, -0.1) is 6.58 Å². The van der Waals surface area contributed by atoms with E-state index in [0.717, 1.165) is 11.1 Å². The van der Waals surface area contributed by atoms with E-state index in [-0.39, 0.29) is 29.5 Å². The first-order valence-corrected chi connectivity index (χ1v) is 11.0. The minimum atomic E-state index is -0.371. The molecule has 0 fully saturated rings. The van der Waals surface area contributed by atoms with Crippen molar-refractivity contribution in [3.05, 3.63) is 100 Å². The number of carbonyl (C=O) groups is 2. The molecule has 0 aliphatic rings. The lowest BCUT2D eigenvalue weighted by atomic mass is 9.86. The smallest absolute Gasteiger partial charge is 0.273 e. The van der Waals surface area contributed by atoms with Gasteiger partial charge in [-0.3, -0.25) is 9.59 Å². The number of hydrogen-bond acceptors (Lipinski definition) is 4. The van der Waals surface area contributed by atoms with Crippen LogP contribution in [-0.2, 0) is 18.5 Å². The largest absolute Gasteiger partial charge is 0.359 e. The highest BCUT2D eigenvalue weighted by molar-refractivity contribution is 6.30. The summed E-state index contributed by atoms with van der Waals surface area (Å²) in [6, 6.07) is 16.4. The Hall–Kier alpha value is -3.38. The molecule has 0 aliphatic heterocycles. The molecular formula is C26H28ClN3O3. The lowest BCUT2D eigenvalue weighted by Crippen LogP contribution is -2.30. The molecule has 1 aromatic heterocycles. The van der Waals surface area contributed by atoms with E-state index in [4.69, 9.17) is 16.1 Å². The Bertz CT molecular complexity index is 1130. The SMILES string of the molecule is C=CCN(Cc1cc(C(=O)NCc2cccc(Cl)c2)no1)C(=O)c1ccc(C(C)(C)C)cc1. The highest BCUT2D eigenvalue weighted by atomic mass is 35.5. The fraction of sp³-hybridized carbons (Fsp3) is 0.269. The van der Waals surface area contributed by atoms with Gasteiger partial charge in [0, 0.05) is 29.7 Å². The van der Waals surface area contributed by atoms with Gasteiger partial charge in [-0.2, -0.15) is 0 Å². The first kappa shape index (κ1) is 24.3. The van der Waals surface area contributed by atoms with Crippen LogP contribution < -0.4 is 5.32 Å². The molecule has 33 heavy (non-hydrogen) atoms. The zero-order valence-electron chi connectivity index (χ0n) is 19.1. The molecule has 2 amide bonds. The van der Waals surface area contributed by atoms with E-state index in [1.807, 2.05) is 36.4 Å². The van der Waals surface area contributed by atoms with Crippen LogP contribution in [0.3, 0.4) is 0 Å². The summed E-state index contributed by atoms with van der Waals surface area (Å²) in [5, 5.41) is 7.24. The van der Waals surface area contributed by atoms with E-state index < -0.39 is 0 Å². The van der Waals surface area contributed by atoms with Gasteiger partial charge < -0.3 is 14.7 Å². The van der Waals surface area contributed by atoms with E-state index in [0.29, 0.717) is 29.4 Å². The van der Waals surface area contributed by atoms with Gasteiger partial charge in [0.1, 0.15) is 0 Å². The molecule has 0 saturated carbocycles. The van der Waals surface area contributed by atoms with E-state index in [2.05, 4.69) is 37.8 Å². The average molecular weight is 466 g/mol. The number of halogens is 1. The number of rotatable bonds is 8. The normalized spacial score (nSPS) is 11.2. The van der Waals surface area contributed by atoms with Gasteiger partial charge in [0.25, 0.3) is 11.8 Å². The highest BCUT2D eigenvalue weighted by Crippen LogP contribution is 2.23. The van der Waals surface area contributed by atoms with Gasteiger partial charge in [-0.05, 0) is 40.8 Å². The van der Waals surface area contributed by atoms with Crippen LogP contribution in [0.5, 0.6) is 0 Å². The molecule has 0 bridgehead atoms. The summed E-state index contributed by atoms with van der Waals surface area (Å²) in [6.07, 6.45) is 1.65.